The molecule has 0 saturated carbocycles. The summed E-state index contributed by atoms with van der Waals surface area (Å²) >= 11 is 0. The summed E-state index contributed by atoms with van der Waals surface area (Å²) in [5.74, 6) is -0.908. The predicted molar refractivity (Wildman–Crippen MR) is 69.4 cm³/mol. The van der Waals surface area contributed by atoms with E-state index < -0.39 is 24.6 Å². The van der Waals surface area contributed by atoms with E-state index in [4.69, 9.17) is 14.6 Å². The Labute approximate surface area is 116 Å². The normalized spacial score (nSPS) is 14.2. The van der Waals surface area contributed by atoms with Crippen molar-refractivity contribution < 1.29 is 18.4 Å². The second-order valence-corrected chi connectivity index (χ2v) is 5.13. The van der Waals surface area contributed by atoms with Gasteiger partial charge in [0.15, 0.2) is 0 Å². The van der Waals surface area contributed by atoms with Gasteiger partial charge in [-0.25, -0.2) is 4.79 Å². The lowest BCUT2D eigenvalue weighted by molar-refractivity contribution is 0.0283. The molecule has 1 rings (SSSR count). The number of hydrogen-bond donors (Lipinski definition) is 1. The highest BCUT2D eigenvalue weighted by Gasteiger charge is 2.20. The lowest BCUT2D eigenvalue weighted by Gasteiger charge is -2.24. The van der Waals surface area contributed by atoms with Crippen molar-refractivity contribution in [1.82, 2.24) is 14.7 Å². The van der Waals surface area contributed by atoms with E-state index in [2.05, 4.69) is 5.10 Å². The fourth-order valence-corrected chi connectivity index (χ4v) is 1.33. The van der Waals surface area contributed by atoms with Crippen molar-refractivity contribution in [2.45, 2.75) is 32.9 Å². The molecule has 0 bridgehead atoms. The van der Waals surface area contributed by atoms with E-state index in [0.29, 0.717) is 4.68 Å². The van der Waals surface area contributed by atoms with Crippen LogP contribution < -0.4 is 5.73 Å². The fraction of sp³-hybridized carbons (Fsp3) is 0.583. The Kier molecular flexibility index (Phi) is 3.02. The molecule has 1 heterocycles. The topological polar surface area (TPSA) is 90.4 Å². The number of carbonyl (C=O) groups excluding carboxylic acids is 2. The van der Waals surface area contributed by atoms with Gasteiger partial charge in [0.2, 0.25) is 0 Å². The molecule has 0 unspecified atom stereocenters. The average molecular weight is 271 g/mol. The van der Waals surface area contributed by atoms with Gasteiger partial charge in [0.05, 0.1) is 12.2 Å². The Morgan fingerprint density at radius 2 is 2.21 bits per heavy atom. The summed E-state index contributed by atoms with van der Waals surface area (Å²) in [5.41, 5.74) is 4.47. The molecule has 2 N–H and O–H groups in total. The van der Waals surface area contributed by atoms with Crippen LogP contribution in [-0.2, 0) is 18.3 Å². The van der Waals surface area contributed by atoms with Crippen LogP contribution in [-0.4, -0.2) is 39.3 Å². The fourth-order valence-electron chi connectivity index (χ4n) is 1.33. The first-order valence-corrected chi connectivity index (χ1v) is 5.64. The second kappa shape index (κ2) is 5.29. The highest BCUT2D eigenvalue weighted by atomic mass is 16.6. The quantitative estimate of drug-likeness (QED) is 0.883. The maximum absolute atomic E-state index is 11.9. The molecule has 0 atom stereocenters. The Balaban J connectivity index is 2.95. The number of aryl methyl sites for hydroxylation is 1. The lowest BCUT2D eigenvalue weighted by Crippen LogP contribution is -2.33. The van der Waals surface area contributed by atoms with Gasteiger partial charge < -0.3 is 15.4 Å². The monoisotopic (exact) mass is 271 g/mol. The third-order valence-corrected chi connectivity index (χ3v) is 2.12. The van der Waals surface area contributed by atoms with Crippen LogP contribution in [0.4, 0.5) is 4.79 Å². The Bertz CT molecular complexity index is 575. The van der Waals surface area contributed by atoms with E-state index in [1.165, 1.54) is 18.0 Å². The van der Waals surface area contributed by atoms with Crippen LogP contribution in [0, 0.1) is 0 Å². The average Bonchev–Trinajstić information content (AvgIpc) is 2.70. The number of nitrogens with zero attached hydrogens (tertiary/aromatic N) is 3. The smallest absolute Gasteiger partial charge is 0.410 e. The van der Waals surface area contributed by atoms with Crippen molar-refractivity contribution >= 4 is 12.0 Å². The zero-order chi connectivity index (χ0) is 17.3. The van der Waals surface area contributed by atoms with Crippen molar-refractivity contribution in [2.75, 3.05) is 7.05 Å². The van der Waals surface area contributed by atoms with Crippen LogP contribution in [0.15, 0.2) is 6.07 Å². The third-order valence-electron chi connectivity index (χ3n) is 2.12. The highest BCUT2D eigenvalue weighted by molar-refractivity contribution is 5.91. The van der Waals surface area contributed by atoms with E-state index in [1.54, 1.807) is 20.8 Å². The van der Waals surface area contributed by atoms with Crippen LogP contribution in [0.2, 0.25) is 0 Å². The predicted octanol–water partition coefficient (Wildman–Crippen LogP) is 0.886. The first kappa shape index (κ1) is 10.8. The van der Waals surface area contributed by atoms with E-state index >= 15 is 0 Å². The maximum Gasteiger partial charge on any atom is 0.410 e. The first-order valence-electron chi connectivity index (χ1n) is 7.14. The van der Waals surface area contributed by atoms with Gasteiger partial charge in [-0.05, 0) is 26.8 Å². The zero-order valence-corrected chi connectivity index (χ0v) is 11.4. The SMILES string of the molecule is [2H]C([2H])([2H])n1nc(CN(C)C(=O)OC(C)(C)C)cc1C(N)=O. The van der Waals surface area contributed by atoms with Gasteiger partial charge >= 0.3 is 6.09 Å². The zero-order valence-electron chi connectivity index (χ0n) is 14.4. The van der Waals surface area contributed by atoms with Crippen LogP contribution in [0.25, 0.3) is 0 Å². The summed E-state index contributed by atoms with van der Waals surface area (Å²) in [7, 11) is 1.48. The molecule has 0 aliphatic heterocycles. The molecule has 0 aliphatic carbocycles. The summed E-state index contributed by atoms with van der Waals surface area (Å²) in [4.78, 5) is 24.4. The summed E-state index contributed by atoms with van der Waals surface area (Å²) in [6, 6.07) is 1.25. The summed E-state index contributed by atoms with van der Waals surface area (Å²) in [5, 5.41) is 3.83. The van der Waals surface area contributed by atoms with Crippen LogP contribution in [0.3, 0.4) is 0 Å². The Morgan fingerprint density at radius 3 is 2.63 bits per heavy atom. The number of rotatable bonds is 3. The summed E-state index contributed by atoms with van der Waals surface area (Å²) in [6.07, 6.45) is -0.587. The standard InChI is InChI=1S/C12H20N4O3/c1-12(2,3)19-11(18)15(4)7-8-6-9(10(13)17)16(5)14-8/h6H,7H2,1-5H3,(H2,13,17)/i5D3. The molecule has 0 aromatic carbocycles. The number of ether oxygens (including phenoxy) is 1. The van der Waals surface area contributed by atoms with Crippen LogP contribution in [0.5, 0.6) is 0 Å². The molecule has 2 amide bonds. The number of amides is 2. The minimum atomic E-state index is -2.63. The molecule has 0 aliphatic rings. The van der Waals surface area contributed by atoms with Crippen molar-refractivity contribution in [1.29, 1.82) is 0 Å². The number of carbonyl (C=O) groups is 2. The van der Waals surface area contributed by atoms with Gasteiger partial charge in [0, 0.05) is 18.1 Å². The molecule has 0 radical (unpaired) electrons. The van der Waals surface area contributed by atoms with Gasteiger partial charge in [-0.2, -0.15) is 5.10 Å². The number of primary amides is 1. The minimum absolute atomic E-state index is 0.0156. The van der Waals surface area contributed by atoms with E-state index in [0.717, 1.165) is 0 Å². The molecule has 0 saturated heterocycles. The van der Waals surface area contributed by atoms with Crippen molar-refractivity contribution in [3.63, 3.8) is 0 Å². The number of aromatic nitrogens is 2. The molecule has 7 nitrogen and oxygen atoms in total. The van der Waals surface area contributed by atoms with Gasteiger partial charge in [0.25, 0.3) is 5.91 Å². The molecule has 0 spiro atoms. The minimum Gasteiger partial charge on any atom is -0.444 e. The van der Waals surface area contributed by atoms with Gasteiger partial charge in [-0.3, -0.25) is 9.48 Å². The molecule has 0 fully saturated rings. The Hall–Kier alpha value is -2.05. The molecular formula is C12H20N4O3. The largest absolute Gasteiger partial charge is 0.444 e. The van der Waals surface area contributed by atoms with Crippen LogP contribution >= 0.6 is 0 Å². The number of nitrogens with two attached hydrogens (primary N) is 1. The molecule has 19 heavy (non-hydrogen) atoms. The highest BCUT2D eigenvalue weighted by Crippen LogP contribution is 2.11. The van der Waals surface area contributed by atoms with Crippen molar-refractivity contribution in [2.24, 2.45) is 12.7 Å². The lowest BCUT2D eigenvalue weighted by atomic mass is 10.2. The molecular weight excluding hydrogens is 248 g/mol. The van der Waals surface area contributed by atoms with E-state index in [9.17, 15) is 9.59 Å². The van der Waals surface area contributed by atoms with Gasteiger partial charge in [0.1, 0.15) is 11.3 Å². The Morgan fingerprint density at radius 1 is 1.58 bits per heavy atom. The molecule has 1 aromatic rings. The van der Waals surface area contributed by atoms with Crippen molar-refractivity contribution in [3.8, 4) is 0 Å². The van der Waals surface area contributed by atoms with Crippen molar-refractivity contribution in [3.05, 3.63) is 17.5 Å². The molecule has 1 aromatic heterocycles. The van der Waals surface area contributed by atoms with E-state index in [1.807, 2.05) is 0 Å². The molecule has 7 heteroatoms. The molecule has 106 valence electrons. The summed E-state index contributed by atoms with van der Waals surface area (Å²) < 4.78 is 27.7. The van der Waals surface area contributed by atoms with E-state index in [-0.39, 0.29) is 17.9 Å². The van der Waals surface area contributed by atoms with Gasteiger partial charge in [-0.15, -0.1) is 0 Å². The maximum atomic E-state index is 11.9. The third kappa shape index (κ3) is 4.27. The van der Waals surface area contributed by atoms with Gasteiger partial charge in [-0.1, -0.05) is 0 Å². The van der Waals surface area contributed by atoms with Crippen LogP contribution in [0.1, 0.15) is 41.1 Å². The number of hydrogen-bond acceptors (Lipinski definition) is 4. The summed E-state index contributed by atoms with van der Waals surface area (Å²) in [6.45, 7) is 2.54. The first-order chi connectivity index (χ1) is 9.81. The second-order valence-electron chi connectivity index (χ2n) is 5.13.